The van der Waals surface area contributed by atoms with Crippen molar-refractivity contribution < 1.29 is 4.74 Å². The Morgan fingerprint density at radius 2 is 1.88 bits per heavy atom. The third kappa shape index (κ3) is 3.66. The first-order valence-electron chi connectivity index (χ1n) is 5.85. The molecule has 4 nitrogen and oxygen atoms in total. The van der Waals surface area contributed by atoms with Gasteiger partial charge in [0.1, 0.15) is 0 Å². The Hall–Kier alpha value is -1.71. The van der Waals surface area contributed by atoms with Gasteiger partial charge in [-0.3, -0.25) is 5.10 Å². The van der Waals surface area contributed by atoms with E-state index >= 15 is 0 Å². The zero-order valence-corrected chi connectivity index (χ0v) is 11.0. The average Bonchev–Trinajstić information content (AvgIpc) is 2.37. The van der Waals surface area contributed by atoms with Gasteiger partial charge in [0.05, 0.1) is 12.3 Å². The number of rotatable bonds is 3. The fraction of sp³-hybridized carbons (Fsp3) is 0.462. The summed E-state index contributed by atoms with van der Waals surface area (Å²) < 4.78 is 5.54. The lowest BCUT2D eigenvalue weighted by atomic mass is 10.2. The second kappa shape index (κ2) is 6.13. The molecule has 0 aromatic carbocycles. The zero-order chi connectivity index (χ0) is 12.8. The molecule has 0 aliphatic rings. The lowest BCUT2D eigenvalue weighted by molar-refractivity contribution is 0.304. The van der Waals surface area contributed by atoms with Crippen LogP contribution < -0.4 is 10.5 Å². The van der Waals surface area contributed by atoms with Gasteiger partial charge in [0.15, 0.2) is 0 Å². The molecule has 0 radical (unpaired) electrons. The first-order chi connectivity index (χ1) is 8.06. The van der Waals surface area contributed by atoms with E-state index < -0.39 is 0 Å². The van der Waals surface area contributed by atoms with Crippen molar-refractivity contribution in [3.8, 4) is 5.88 Å². The lowest BCUT2D eigenvalue weighted by Crippen LogP contribution is -2.01. The minimum absolute atomic E-state index is 0.461. The Bertz CT molecular complexity index is 437. The smallest absolute Gasteiger partial charge is 0.254 e. The summed E-state index contributed by atoms with van der Waals surface area (Å²) in [5, 5.41) is 7.17. The predicted octanol–water partition coefficient (Wildman–Crippen LogP) is 2.83. The zero-order valence-electron chi connectivity index (χ0n) is 11.0. The fourth-order valence-electron chi connectivity index (χ4n) is 1.23. The molecule has 4 heteroatoms. The van der Waals surface area contributed by atoms with Gasteiger partial charge in [-0.05, 0) is 38.3 Å². The van der Waals surface area contributed by atoms with Crippen LogP contribution in [0.25, 0.3) is 0 Å². The summed E-state index contributed by atoms with van der Waals surface area (Å²) in [5.41, 5.74) is 9.65. The van der Waals surface area contributed by atoms with E-state index in [1.165, 1.54) is 0 Å². The summed E-state index contributed by atoms with van der Waals surface area (Å²) in [4.78, 5) is 0. The summed E-state index contributed by atoms with van der Waals surface area (Å²) in [7, 11) is 0. The van der Waals surface area contributed by atoms with Crippen molar-refractivity contribution in [3.63, 3.8) is 0 Å². The molecule has 0 amide bonds. The minimum atomic E-state index is 0.461. The number of nitrogens with zero attached hydrogens (tertiary/aromatic N) is 1. The van der Waals surface area contributed by atoms with Crippen LogP contribution in [0.5, 0.6) is 5.88 Å². The molecule has 1 rings (SSSR count). The number of nitrogens with one attached hydrogen (secondary N) is 1. The summed E-state index contributed by atoms with van der Waals surface area (Å²) in [6, 6.07) is 3.99. The van der Waals surface area contributed by atoms with Crippen molar-refractivity contribution in [1.82, 2.24) is 10.2 Å². The van der Waals surface area contributed by atoms with E-state index in [4.69, 9.17) is 10.5 Å². The topological polar surface area (TPSA) is 63.9 Å². The maximum atomic E-state index is 6.01. The maximum Gasteiger partial charge on any atom is 0.254 e. The van der Waals surface area contributed by atoms with Crippen LogP contribution in [0.15, 0.2) is 12.1 Å². The largest absolute Gasteiger partial charge is 0.475 e. The van der Waals surface area contributed by atoms with Gasteiger partial charge in [0.25, 0.3) is 5.88 Å². The van der Waals surface area contributed by atoms with Gasteiger partial charge in [-0.1, -0.05) is 19.1 Å². The van der Waals surface area contributed by atoms with E-state index in [2.05, 4.69) is 10.2 Å². The standard InChI is InChI=1S/C13H21N3O/c1-5-8-17-13-12(14)10(3)7-6-9(2)11(4)15-16-13/h6-7,15H,5,8,14H2,1-4H3. The Morgan fingerprint density at radius 3 is 2.53 bits per heavy atom. The summed E-state index contributed by atoms with van der Waals surface area (Å²) in [6.07, 6.45) is 0.926. The molecule has 1 aromatic heterocycles. The number of hydrogen-bond acceptors (Lipinski definition) is 3. The Balaban J connectivity index is 3.35. The number of ether oxygens (including phenoxy) is 1. The molecule has 1 aromatic rings. The van der Waals surface area contributed by atoms with Crippen LogP contribution in [-0.4, -0.2) is 16.8 Å². The highest BCUT2D eigenvalue weighted by Gasteiger charge is 2.02. The molecule has 0 unspecified atom stereocenters. The van der Waals surface area contributed by atoms with Crippen LogP contribution >= 0.6 is 0 Å². The normalized spacial score (nSPS) is 9.88. The number of nitrogen functional groups attached to an aromatic ring is 1. The van der Waals surface area contributed by atoms with Crippen LogP contribution in [0.3, 0.4) is 0 Å². The van der Waals surface area contributed by atoms with Gasteiger partial charge >= 0.3 is 0 Å². The molecule has 0 aliphatic heterocycles. The molecule has 17 heavy (non-hydrogen) atoms. The SMILES string of the molecule is CCCOc1n[nH]c(C)c(C)ccc(C)c1N. The number of hydrogen-bond donors (Lipinski definition) is 2. The van der Waals surface area contributed by atoms with E-state index in [-0.39, 0.29) is 0 Å². The molecule has 0 fully saturated rings. The number of anilines is 1. The molecule has 0 spiro atoms. The van der Waals surface area contributed by atoms with Crippen LogP contribution in [-0.2, 0) is 0 Å². The minimum Gasteiger partial charge on any atom is -0.475 e. The molecule has 0 aliphatic carbocycles. The van der Waals surface area contributed by atoms with Gasteiger partial charge in [-0.2, -0.15) is 0 Å². The monoisotopic (exact) mass is 235 g/mol. The Kier molecular flexibility index (Phi) is 4.82. The lowest BCUT2D eigenvalue weighted by Gasteiger charge is -2.04. The predicted molar refractivity (Wildman–Crippen MR) is 70.6 cm³/mol. The van der Waals surface area contributed by atoms with Crippen molar-refractivity contribution in [2.24, 2.45) is 0 Å². The Labute approximate surface area is 103 Å². The van der Waals surface area contributed by atoms with Gasteiger partial charge in [0, 0.05) is 5.69 Å². The molecule has 3 N–H and O–H groups in total. The van der Waals surface area contributed by atoms with Gasteiger partial charge in [-0.25, -0.2) is 0 Å². The van der Waals surface area contributed by atoms with E-state index in [0.717, 1.165) is 23.2 Å². The number of aryl methyl sites for hydroxylation is 3. The highest BCUT2D eigenvalue weighted by Crippen LogP contribution is 2.19. The molecule has 0 atom stereocenters. The summed E-state index contributed by atoms with van der Waals surface area (Å²) in [6.45, 7) is 8.60. The molecule has 1 heterocycles. The molecule has 94 valence electrons. The fourth-order valence-corrected chi connectivity index (χ4v) is 1.23. The molecule has 0 saturated carbocycles. The average molecular weight is 235 g/mol. The third-order valence-electron chi connectivity index (χ3n) is 2.60. The van der Waals surface area contributed by atoms with Gasteiger partial charge in [-0.15, -0.1) is 5.10 Å². The Morgan fingerprint density at radius 1 is 1.24 bits per heavy atom. The first kappa shape index (κ1) is 13.4. The van der Waals surface area contributed by atoms with Crippen molar-refractivity contribution in [2.75, 3.05) is 12.3 Å². The van der Waals surface area contributed by atoms with Crippen LogP contribution in [0.2, 0.25) is 0 Å². The molecular formula is C13H21N3O. The summed E-state index contributed by atoms with van der Waals surface area (Å²) >= 11 is 0. The highest BCUT2D eigenvalue weighted by atomic mass is 16.5. The second-order valence-corrected chi connectivity index (χ2v) is 4.12. The number of nitrogens with two attached hydrogens (primary N) is 1. The van der Waals surface area contributed by atoms with Crippen molar-refractivity contribution in [3.05, 3.63) is 29.0 Å². The number of aromatic nitrogens is 2. The second-order valence-electron chi connectivity index (χ2n) is 4.12. The van der Waals surface area contributed by atoms with E-state index in [9.17, 15) is 0 Å². The maximum absolute atomic E-state index is 6.01. The van der Waals surface area contributed by atoms with Crippen LogP contribution in [0.4, 0.5) is 5.69 Å². The van der Waals surface area contributed by atoms with Crippen molar-refractivity contribution in [1.29, 1.82) is 0 Å². The van der Waals surface area contributed by atoms with Gasteiger partial charge < -0.3 is 10.5 Å². The highest BCUT2D eigenvalue weighted by molar-refractivity contribution is 5.52. The molecule has 0 saturated heterocycles. The molecular weight excluding hydrogens is 214 g/mol. The number of H-pyrrole nitrogens is 1. The number of aromatic amines is 1. The van der Waals surface area contributed by atoms with Gasteiger partial charge in [0.2, 0.25) is 0 Å². The van der Waals surface area contributed by atoms with Crippen molar-refractivity contribution in [2.45, 2.75) is 34.1 Å². The first-order valence-corrected chi connectivity index (χ1v) is 5.85. The quantitative estimate of drug-likeness (QED) is 0.846. The van der Waals surface area contributed by atoms with E-state index in [0.29, 0.717) is 18.2 Å². The van der Waals surface area contributed by atoms with Crippen molar-refractivity contribution >= 4 is 5.69 Å². The van der Waals surface area contributed by atoms with Crippen LogP contribution in [0.1, 0.15) is 30.2 Å². The van der Waals surface area contributed by atoms with E-state index in [1.807, 2.05) is 39.8 Å². The summed E-state index contributed by atoms with van der Waals surface area (Å²) in [5.74, 6) is 0.461. The van der Waals surface area contributed by atoms with E-state index in [1.54, 1.807) is 0 Å². The third-order valence-corrected chi connectivity index (χ3v) is 2.60. The van der Waals surface area contributed by atoms with Crippen LogP contribution in [0, 0.1) is 20.8 Å². The molecule has 0 bridgehead atoms.